The molecule has 0 aliphatic heterocycles. The molecule has 0 bridgehead atoms. The summed E-state index contributed by atoms with van der Waals surface area (Å²) in [6.07, 6.45) is 0. The fourth-order valence-corrected chi connectivity index (χ4v) is 1.48. The molecule has 0 aliphatic carbocycles. The maximum absolute atomic E-state index is 10.3. The molecule has 0 saturated carbocycles. The Morgan fingerprint density at radius 1 is 1.50 bits per heavy atom. The summed E-state index contributed by atoms with van der Waals surface area (Å²) in [5, 5.41) is 0.729. The molecular formula is C5H10OS2. The summed E-state index contributed by atoms with van der Waals surface area (Å²) in [4.78, 5) is 10.3. The van der Waals surface area contributed by atoms with Gasteiger partial charge in [0.25, 0.3) is 0 Å². The standard InChI is InChI=1S/C5H10OS2/c1-4(2)7-8-5(3)6/h4H,1-3H3. The molecule has 3 heteroatoms. The molecule has 0 spiro atoms. The lowest BCUT2D eigenvalue weighted by Gasteiger charge is -1.97. The van der Waals surface area contributed by atoms with Gasteiger partial charge in [0, 0.05) is 12.2 Å². The predicted molar refractivity (Wildman–Crippen MR) is 41.0 cm³/mol. The van der Waals surface area contributed by atoms with Gasteiger partial charge in [0.05, 0.1) is 0 Å². The Morgan fingerprint density at radius 2 is 2.00 bits per heavy atom. The molecule has 48 valence electrons. The highest BCUT2D eigenvalue weighted by molar-refractivity contribution is 8.82. The van der Waals surface area contributed by atoms with Gasteiger partial charge in [-0.1, -0.05) is 24.6 Å². The third kappa shape index (κ3) is 6.37. The summed E-state index contributed by atoms with van der Waals surface area (Å²) in [5.41, 5.74) is 0. The molecule has 0 N–H and O–H groups in total. The van der Waals surface area contributed by atoms with Crippen LogP contribution in [0.3, 0.4) is 0 Å². The van der Waals surface area contributed by atoms with Crippen LogP contribution in [0.15, 0.2) is 0 Å². The van der Waals surface area contributed by atoms with Crippen LogP contribution >= 0.6 is 21.6 Å². The third-order valence-corrected chi connectivity index (χ3v) is 3.22. The summed E-state index contributed by atoms with van der Waals surface area (Å²) in [6.45, 7) is 5.72. The lowest BCUT2D eigenvalue weighted by molar-refractivity contribution is -0.109. The summed E-state index contributed by atoms with van der Waals surface area (Å²) >= 11 is 0. The van der Waals surface area contributed by atoms with E-state index in [4.69, 9.17) is 0 Å². The van der Waals surface area contributed by atoms with Crippen molar-refractivity contribution < 1.29 is 4.79 Å². The molecular weight excluding hydrogens is 140 g/mol. The molecule has 0 aromatic rings. The topological polar surface area (TPSA) is 17.1 Å². The van der Waals surface area contributed by atoms with Gasteiger partial charge in [-0.05, 0) is 10.8 Å². The van der Waals surface area contributed by atoms with Crippen LogP contribution in [0.25, 0.3) is 0 Å². The minimum Gasteiger partial charge on any atom is -0.287 e. The number of hydrogen-bond acceptors (Lipinski definition) is 3. The van der Waals surface area contributed by atoms with Crippen molar-refractivity contribution in [2.75, 3.05) is 0 Å². The highest BCUT2D eigenvalue weighted by atomic mass is 33.1. The predicted octanol–water partition coefficient (Wildman–Crippen LogP) is 2.32. The van der Waals surface area contributed by atoms with Gasteiger partial charge in [-0.15, -0.1) is 0 Å². The van der Waals surface area contributed by atoms with Crippen LogP contribution in [0.2, 0.25) is 0 Å². The van der Waals surface area contributed by atoms with Crippen molar-refractivity contribution in [1.82, 2.24) is 0 Å². The molecule has 0 atom stereocenters. The van der Waals surface area contributed by atoms with E-state index in [2.05, 4.69) is 13.8 Å². The first kappa shape index (κ1) is 8.37. The van der Waals surface area contributed by atoms with Crippen LogP contribution in [-0.4, -0.2) is 10.4 Å². The Kier molecular flexibility index (Phi) is 4.47. The van der Waals surface area contributed by atoms with Crippen molar-refractivity contribution in [3.63, 3.8) is 0 Å². The van der Waals surface area contributed by atoms with Crippen molar-refractivity contribution >= 4 is 26.7 Å². The van der Waals surface area contributed by atoms with Gasteiger partial charge in [-0.3, -0.25) is 4.79 Å². The number of carbonyl (C=O) groups is 1. The zero-order valence-corrected chi connectivity index (χ0v) is 6.94. The summed E-state index contributed by atoms with van der Waals surface area (Å²) in [6, 6.07) is 0. The largest absolute Gasteiger partial charge is 0.287 e. The highest BCUT2D eigenvalue weighted by Gasteiger charge is 1.96. The third-order valence-electron chi connectivity index (χ3n) is 0.358. The molecule has 0 radical (unpaired) electrons. The van der Waals surface area contributed by atoms with E-state index in [9.17, 15) is 4.79 Å². The van der Waals surface area contributed by atoms with E-state index in [1.807, 2.05) is 0 Å². The van der Waals surface area contributed by atoms with Gasteiger partial charge in [0.15, 0.2) is 5.12 Å². The Balaban J connectivity index is 3.05. The Bertz CT molecular complexity index is 80.5. The van der Waals surface area contributed by atoms with E-state index in [1.54, 1.807) is 17.7 Å². The van der Waals surface area contributed by atoms with Gasteiger partial charge in [-0.25, -0.2) is 0 Å². The SMILES string of the molecule is CC(=O)SSC(C)C. The molecule has 0 saturated heterocycles. The van der Waals surface area contributed by atoms with E-state index < -0.39 is 0 Å². The smallest absolute Gasteiger partial charge is 0.196 e. The zero-order chi connectivity index (χ0) is 6.57. The summed E-state index contributed by atoms with van der Waals surface area (Å²) in [5.74, 6) is 0. The fraction of sp³-hybridized carbons (Fsp3) is 0.800. The normalized spacial score (nSPS) is 10.0. The Labute approximate surface area is 58.0 Å². The van der Waals surface area contributed by atoms with Crippen LogP contribution < -0.4 is 0 Å². The van der Waals surface area contributed by atoms with E-state index in [0.29, 0.717) is 5.25 Å². The molecule has 0 aliphatic rings. The first-order chi connectivity index (χ1) is 3.63. The van der Waals surface area contributed by atoms with Crippen molar-refractivity contribution in [2.24, 2.45) is 0 Å². The number of rotatable bonds is 2. The molecule has 0 heterocycles. The average Bonchev–Trinajstić information content (AvgIpc) is 1.61. The second-order valence-corrected chi connectivity index (χ2v) is 4.67. The maximum Gasteiger partial charge on any atom is 0.196 e. The van der Waals surface area contributed by atoms with Crippen molar-refractivity contribution in [3.05, 3.63) is 0 Å². The van der Waals surface area contributed by atoms with Gasteiger partial charge < -0.3 is 0 Å². The molecule has 0 rings (SSSR count). The molecule has 8 heavy (non-hydrogen) atoms. The summed E-state index contributed by atoms with van der Waals surface area (Å²) in [7, 11) is 2.92. The molecule has 0 amide bonds. The second-order valence-electron chi connectivity index (χ2n) is 1.72. The lowest BCUT2D eigenvalue weighted by Crippen LogP contribution is -1.83. The van der Waals surface area contributed by atoms with Crippen LogP contribution in [0.5, 0.6) is 0 Å². The van der Waals surface area contributed by atoms with Gasteiger partial charge in [0.2, 0.25) is 0 Å². The maximum atomic E-state index is 10.3. The van der Waals surface area contributed by atoms with E-state index >= 15 is 0 Å². The first-order valence-electron chi connectivity index (χ1n) is 2.47. The zero-order valence-electron chi connectivity index (χ0n) is 5.30. The molecule has 0 fully saturated rings. The minimum atomic E-state index is 0.184. The van der Waals surface area contributed by atoms with E-state index in [-0.39, 0.29) is 5.12 Å². The molecule has 0 unspecified atom stereocenters. The number of hydrogen-bond donors (Lipinski definition) is 0. The molecule has 0 aromatic heterocycles. The molecule has 1 nitrogen and oxygen atoms in total. The van der Waals surface area contributed by atoms with Crippen LogP contribution in [0.1, 0.15) is 20.8 Å². The van der Waals surface area contributed by atoms with Crippen molar-refractivity contribution in [1.29, 1.82) is 0 Å². The average molecular weight is 150 g/mol. The monoisotopic (exact) mass is 150 g/mol. The Hall–Kier alpha value is 0.370. The second kappa shape index (κ2) is 4.27. The lowest BCUT2D eigenvalue weighted by atomic mass is 10.6. The van der Waals surface area contributed by atoms with Gasteiger partial charge in [0.1, 0.15) is 0 Å². The number of carbonyl (C=O) groups excluding carboxylic acids is 1. The van der Waals surface area contributed by atoms with Crippen LogP contribution in [0.4, 0.5) is 0 Å². The van der Waals surface area contributed by atoms with E-state index in [0.717, 1.165) is 0 Å². The highest BCUT2D eigenvalue weighted by Crippen LogP contribution is 2.26. The van der Waals surface area contributed by atoms with Crippen molar-refractivity contribution in [3.8, 4) is 0 Å². The van der Waals surface area contributed by atoms with Gasteiger partial charge >= 0.3 is 0 Å². The Morgan fingerprint density at radius 3 is 2.12 bits per heavy atom. The summed E-state index contributed by atoms with van der Waals surface area (Å²) < 4.78 is 0. The van der Waals surface area contributed by atoms with Crippen LogP contribution in [-0.2, 0) is 4.79 Å². The van der Waals surface area contributed by atoms with Crippen LogP contribution in [0, 0.1) is 0 Å². The minimum absolute atomic E-state index is 0.184. The van der Waals surface area contributed by atoms with E-state index in [1.165, 1.54) is 10.8 Å². The molecule has 0 aromatic carbocycles. The van der Waals surface area contributed by atoms with Gasteiger partial charge in [-0.2, -0.15) is 0 Å². The fourth-order valence-electron chi connectivity index (χ4n) is 0.164. The quantitative estimate of drug-likeness (QED) is 0.562. The van der Waals surface area contributed by atoms with Crippen molar-refractivity contribution in [2.45, 2.75) is 26.0 Å². The first-order valence-corrected chi connectivity index (χ1v) is 4.68.